The normalized spacial score (nSPS) is 12.1. The Balaban J connectivity index is 1.99. The maximum atomic E-state index is 4.36. The Kier molecular flexibility index (Phi) is 7.78. The molecule has 0 aliphatic heterocycles. The molecule has 0 amide bonds. The molecule has 1 aromatic rings. The van der Waals surface area contributed by atoms with E-state index in [9.17, 15) is 0 Å². The Labute approximate surface area is 124 Å². The first-order chi connectivity index (χ1) is 9.47. The zero-order valence-corrected chi connectivity index (χ0v) is 13.7. The van der Waals surface area contributed by atoms with Gasteiger partial charge in [-0.2, -0.15) is 0 Å². The summed E-state index contributed by atoms with van der Waals surface area (Å²) in [5.41, 5.74) is 1.44. The Morgan fingerprint density at radius 1 is 1.10 bits per heavy atom. The lowest BCUT2D eigenvalue weighted by molar-refractivity contribution is 0.325. The molecule has 0 radical (unpaired) electrons. The fourth-order valence-electron chi connectivity index (χ4n) is 2.11. The highest BCUT2D eigenvalue weighted by molar-refractivity contribution is 5.03. The Morgan fingerprint density at radius 3 is 2.55 bits per heavy atom. The molecule has 0 aliphatic rings. The first-order valence-corrected chi connectivity index (χ1v) is 7.81. The van der Waals surface area contributed by atoms with Gasteiger partial charge in [-0.15, -0.1) is 0 Å². The van der Waals surface area contributed by atoms with E-state index >= 15 is 0 Å². The minimum atomic E-state index is 0.249. The summed E-state index contributed by atoms with van der Waals surface area (Å²) in [4.78, 5) is 6.77. The third-order valence-corrected chi connectivity index (χ3v) is 3.35. The molecule has 0 unspecified atom stereocenters. The molecule has 1 N–H and O–H groups in total. The molecule has 20 heavy (non-hydrogen) atoms. The standard InChI is InChI=1S/C17H31N3/c1-17(2,3)19-13-7-5-9-14-20(4)15-11-16-10-6-8-12-18-16/h6,8,10,12,19H,5,7,9,11,13-15H2,1-4H3. The number of unbranched alkanes of at least 4 members (excludes halogenated alkanes) is 2. The topological polar surface area (TPSA) is 28.2 Å². The van der Waals surface area contributed by atoms with Crippen molar-refractivity contribution in [3.05, 3.63) is 30.1 Å². The third kappa shape index (κ3) is 9.05. The second-order valence-electron chi connectivity index (χ2n) is 6.61. The van der Waals surface area contributed by atoms with E-state index in [-0.39, 0.29) is 5.54 Å². The van der Waals surface area contributed by atoms with Crippen LogP contribution in [0, 0.1) is 0 Å². The predicted octanol–water partition coefficient (Wildman–Crippen LogP) is 3.11. The van der Waals surface area contributed by atoms with Gasteiger partial charge in [0, 0.05) is 30.4 Å². The highest BCUT2D eigenvalue weighted by Gasteiger charge is 2.07. The zero-order valence-electron chi connectivity index (χ0n) is 13.7. The number of nitrogens with zero attached hydrogens (tertiary/aromatic N) is 2. The summed E-state index contributed by atoms with van der Waals surface area (Å²) in [6.45, 7) is 10.1. The number of nitrogens with one attached hydrogen (secondary N) is 1. The van der Waals surface area contributed by atoms with Crippen molar-refractivity contribution in [3.8, 4) is 0 Å². The highest BCUT2D eigenvalue weighted by atomic mass is 15.1. The maximum absolute atomic E-state index is 4.36. The van der Waals surface area contributed by atoms with Crippen LogP contribution < -0.4 is 5.32 Å². The second kappa shape index (κ2) is 9.09. The van der Waals surface area contributed by atoms with Gasteiger partial charge in [0.05, 0.1) is 0 Å². The Morgan fingerprint density at radius 2 is 1.90 bits per heavy atom. The molecule has 0 saturated heterocycles. The van der Waals surface area contributed by atoms with Gasteiger partial charge in [-0.05, 0) is 65.9 Å². The van der Waals surface area contributed by atoms with E-state index in [1.807, 2.05) is 12.3 Å². The van der Waals surface area contributed by atoms with E-state index in [0.29, 0.717) is 0 Å². The van der Waals surface area contributed by atoms with E-state index in [4.69, 9.17) is 0 Å². The predicted molar refractivity (Wildman–Crippen MR) is 87.0 cm³/mol. The molecule has 1 heterocycles. The van der Waals surface area contributed by atoms with Gasteiger partial charge >= 0.3 is 0 Å². The minimum Gasteiger partial charge on any atom is -0.312 e. The number of aromatic nitrogens is 1. The SMILES string of the molecule is CN(CCCCCNC(C)(C)C)CCc1ccccn1. The smallest absolute Gasteiger partial charge is 0.0416 e. The van der Waals surface area contributed by atoms with Crippen molar-refractivity contribution < 1.29 is 0 Å². The van der Waals surface area contributed by atoms with Crippen molar-refractivity contribution in [2.75, 3.05) is 26.7 Å². The largest absolute Gasteiger partial charge is 0.312 e. The van der Waals surface area contributed by atoms with Gasteiger partial charge in [-0.1, -0.05) is 12.5 Å². The molecule has 3 nitrogen and oxygen atoms in total. The number of hydrogen-bond donors (Lipinski definition) is 1. The molecule has 1 rings (SSSR count). The average molecular weight is 277 g/mol. The van der Waals surface area contributed by atoms with E-state index in [2.05, 4.69) is 55.2 Å². The monoisotopic (exact) mass is 277 g/mol. The lowest BCUT2D eigenvalue weighted by atomic mass is 10.1. The van der Waals surface area contributed by atoms with E-state index in [0.717, 1.165) is 19.5 Å². The van der Waals surface area contributed by atoms with Crippen LogP contribution in [0.5, 0.6) is 0 Å². The molecule has 0 atom stereocenters. The van der Waals surface area contributed by atoms with E-state index in [1.165, 1.54) is 31.5 Å². The molecular formula is C17H31N3. The van der Waals surface area contributed by atoms with Crippen molar-refractivity contribution in [1.29, 1.82) is 0 Å². The molecule has 0 saturated carbocycles. The van der Waals surface area contributed by atoms with Gasteiger partial charge in [0.2, 0.25) is 0 Å². The maximum Gasteiger partial charge on any atom is 0.0416 e. The number of likely N-dealkylation sites (N-methyl/N-ethyl adjacent to an activating group) is 1. The van der Waals surface area contributed by atoms with Crippen LogP contribution in [0.4, 0.5) is 0 Å². The van der Waals surface area contributed by atoms with Gasteiger partial charge in [-0.25, -0.2) is 0 Å². The summed E-state index contributed by atoms with van der Waals surface area (Å²) in [6, 6.07) is 6.13. The molecule has 3 heteroatoms. The number of rotatable bonds is 9. The van der Waals surface area contributed by atoms with Gasteiger partial charge in [0.15, 0.2) is 0 Å². The summed E-state index contributed by atoms with van der Waals surface area (Å²) < 4.78 is 0. The van der Waals surface area contributed by atoms with Crippen LogP contribution in [-0.2, 0) is 6.42 Å². The fourth-order valence-corrected chi connectivity index (χ4v) is 2.11. The summed E-state index contributed by atoms with van der Waals surface area (Å²) in [5, 5.41) is 3.53. The molecule has 1 aromatic heterocycles. The molecule has 0 aromatic carbocycles. The first-order valence-electron chi connectivity index (χ1n) is 7.81. The molecular weight excluding hydrogens is 246 g/mol. The third-order valence-electron chi connectivity index (χ3n) is 3.35. The summed E-state index contributed by atoms with van der Waals surface area (Å²) in [5.74, 6) is 0. The van der Waals surface area contributed by atoms with Crippen molar-refractivity contribution in [1.82, 2.24) is 15.2 Å². The van der Waals surface area contributed by atoms with Crippen molar-refractivity contribution >= 4 is 0 Å². The van der Waals surface area contributed by atoms with Crippen LogP contribution in [0.3, 0.4) is 0 Å². The summed E-state index contributed by atoms with van der Waals surface area (Å²) in [7, 11) is 2.20. The minimum absolute atomic E-state index is 0.249. The van der Waals surface area contributed by atoms with Crippen LogP contribution in [0.25, 0.3) is 0 Å². The number of pyridine rings is 1. The summed E-state index contributed by atoms with van der Waals surface area (Å²) in [6.07, 6.45) is 6.77. The first kappa shape index (κ1) is 17.1. The fraction of sp³-hybridized carbons (Fsp3) is 0.706. The van der Waals surface area contributed by atoms with Gasteiger partial charge < -0.3 is 10.2 Å². The van der Waals surface area contributed by atoms with Crippen LogP contribution in [0.1, 0.15) is 45.7 Å². The molecule has 0 aliphatic carbocycles. The van der Waals surface area contributed by atoms with Crippen LogP contribution in [0.2, 0.25) is 0 Å². The van der Waals surface area contributed by atoms with Crippen molar-refractivity contribution in [2.45, 2.75) is 52.0 Å². The highest BCUT2D eigenvalue weighted by Crippen LogP contribution is 2.02. The lowest BCUT2D eigenvalue weighted by Crippen LogP contribution is -2.36. The Bertz CT molecular complexity index is 343. The van der Waals surface area contributed by atoms with Gasteiger partial charge in [0.25, 0.3) is 0 Å². The average Bonchev–Trinajstić information content (AvgIpc) is 2.40. The van der Waals surface area contributed by atoms with Gasteiger partial charge in [-0.3, -0.25) is 4.98 Å². The van der Waals surface area contributed by atoms with Crippen molar-refractivity contribution in [2.24, 2.45) is 0 Å². The number of hydrogen-bond acceptors (Lipinski definition) is 3. The molecule has 114 valence electrons. The quantitative estimate of drug-likeness (QED) is 0.703. The van der Waals surface area contributed by atoms with Crippen LogP contribution in [-0.4, -0.2) is 42.1 Å². The van der Waals surface area contributed by atoms with Crippen LogP contribution in [0.15, 0.2) is 24.4 Å². The zero-order chi connectivity index (χ0) is 14.8. The Hall–Kier alpha value is -0.930. The summed E-state index contributed by atoms with van der Waals surface area (Å²) >= 11 is 0. The van der Waals surface area contributed by atoms with Crippen molar-refractivity contribution in [3.63, 3.8) is 0 Å². The van der Waals surface area contributed by atoms with Crippen LogP contribution >= 0.6 is 0 Å². The van der Waals surface area contributed by atoms with Gasteiger partial charge in [0.1, 0.15) is 0 Å². The molecule has 0 spiro atoms. The second-order valence-corrected chi connectivity index (χ2v) is 6.61. The van der Waals surface area contributed by atoms with E-state index < -0.39 is 0 Å². The van der Waals surface area contributed by atoms with E-state index in [1.54, 1.807) is 0 Å². The molecule has 0 fully saturated rings. The lowest BCUT2D eigenvalue weighted by Gasteiger charge is -2.20. The molecule has 0 bridgehead atoms.